The molecule has 1 heterocycles. The number of allylic oxidation sites excluding steroid dienone is 1. The monoisotopic (exact) mass is 686 g/mol. The fourth-order valence-electron chi connectivity index (χ4n) is 8.75. The molecule has 2 heteroatoms. The summed E-state index contributed by atoms with van der Waals surface area (Å²) in [7, 11) is 0. The third-order valence-electron chi connectivity index (χ3n) is 12.1. The molecule has 1 aliphatic heterocycles. The van der Waals surface area contributed by atoms with Crippen molar-refractivity contribution >= 4 is 49.6 Å². The van der Waals surface area contributed by atoms with Crippen LogP contribution in [0.3, 0.4) is 0 Å². The summed E-state index contributed by atoms with van der Waals surface area (Å²) in [6, 6.07) is 51.1. The molecule has 2 nitrogen and oxygen atoms in total. The summed E-state index contributed by atoms with van der Waals surface area (Å²) in [5, 5.41) is 7.39. The summed E-state index contributed by atoms with van der Waals surface area (Å²) in [4.78, 5) is 11.0. The fourth-order valence-corrected chi connectivity index (χ4v) is 8.75. The number of hydrogen-bond acceptors (Lipinski definition) is 2. The molecule has 260 valence electrons. The van der Waals surface area contributed by atoms with Gasteiger partial charge in [0.25, 0.3) is 0 Å². The van der Waals surface area contributed by atoms with Crippen LogP contribution < -0.4 is 0 Å². The highest BCUT2D eigenvalue weighted by Gasteiger charge is 2.37. The Balaban J connectivity index is 1.23. The molecular weight excluding hydrogens is 641 g/mol. The molecule has 0 N–H and O–H groups in total. The SMILES string of the molecule is C/C1=C(\c2ccc(-c3ccc4c(c3)C(C)(C)CCC4(C)C)c3ccccc23)N=C(c2ccc3ccc4ccccc4c3c2)N=C(c2ccccc2)CC1. The molecule has 0 fully saturated rings. The molecule has 0 saturated heterocycles. The van der Waals surface area contributed by atoms with Crippen molar-refractivity contribution in [2.75, 3.05) is 0 Å². The van der Waals surface area contributed by atoms with Gasteiger partial charge in [0.05, 0.1) is 11.4 Å². The van der Waals surface area contributed by atoms with Gasteiger partial charge in [0.1, 0.15) is 0 Å². The Morgan fingerprint density at radius 3 is 1.83 bits per heavy atom. The van der Waals surface area contributed by atoms with E-state index in [1.807, 2.05) is 0 Å². The lowest BCUT2D eigenvalue weighted by atomic mass is 9.63. The van der Waals surface area contributed by atoms with Gasteiger partial charge in [0, 0.05) is 11.1 Å². The quantitative estimate of drug-likeness (QED) is 0.165. The number of nitrogens with zero attached hydrogens (tertiary/aromatic N) is 2. The minimum atomic E-state index is 0.149. The number of rotatable bonds is 4. The lowest BCUT2D eigenvalue weighted by Gasteiger charge is -2.42. The van der Waals surface area contributed by atoms with Crippen LogP contribution in [-0.2, 0) is 10.8 Å². The maximum Gasteiger partial charge on any atom is 0.160 e. The Hall–Kier alpha value is -5.60. The summed E-state index contributed by atoms with van der Waals surface area (Å²) in [6.07, 6.45) is 4.14. The first-order chi connectivity index (χ1) is 25.7. The molecule has 0 aromatic heterocycles. The average molecular weight is 687 g/mol. The van der Waals surface area contributed by atoms with Gasteiger partial charge in [0.2, 0.25) is 0 Å². The largest absolute Gasteiger partial charge is 0.232 e. The molecule has 0 amide bonds. The van der Waals surface area contributed by atoms with Gasteiger partial charge >= 0.3 is 0 Å². The lowest BCUT2D eigenvalue weighted by molar-refractivity contribution is 0.332. The highest BCUT2D eigenvalue weighted by molar-refractivity contribution is 6.17. The maximum absolute atomic E-state index is 5.57. The van der Waals surface area contributed by atoms with Crippen LogP contribution in [0.4, 0.5) is 0 Å². The van der Waals surface area contributed by atoms with Crippen LogP contribution >= 0.6 is 0 Å². The normalized spacial score (nSPS) is 18.3. The van der Waals surface area contributed by atoms with Crippen molar-refractivity contribution in [1.82, 2.24) is 0 Å². The zero-order chi connectivity index (χ0) is 36.3. The summed E-state index contributed by atoms with van der Waals surface area (Å²) in [6.45, 7) is 11.9. The van der Waals surface area contributed by atoms with Crippen molar-refractivity contribution in [3.63, 3.8) is 0 Å². The Morgan fingerprint density at radius 1 is 0.453 bits per heavy atom. The number of hydrogen-bond donors (Lipinski definition) is 0. The van der Waals surface area contributed by atoms with Crippen LogP contribution in [0.25, 0.3) is 49.1 Å². The zero-order valence-electron chi connectivity index (χ0n) is 31.5. The van der Waals surface area contributed by atoms with Crippen LogP contribution in [0.2, 0.25) is 0 Å². The Bertz CT molecular complexity index is 2670. The first-order valence-corrected chi connectivity index (χ1v) is 19.2. The van der Waals surface area contributed by atoms with E-state index < -0.39 is 0 Å². The highest BCUT2D eigenvalue weighted by Crippen LogP contribution is 2.47. The van der Waals surface area contributed by atoms with Crippen LogP contribution in [0.5, 0.6) is 0 Å². The van der Waals surface area contributed by atoms with Crippen LogP contribution in [0, 0.1) is 0 Å². The molecule has 0 atom stereocenters. The van der Waals surface area contributed by atoms with Crippen LogP contribution in [-0.4, -0.2) is 11.5 Å². The average Bonchev–Trinajstić information content (AvgIpc) is 3.18. The molecule has 7 aromatic carbocycles. The van der Waals surface area contributed by atoms with Gasteiger partial charge in [-0.15, -0.1) is 0 Å². The number of benzene rings is 7. The third kappa shape index (κ3) is 5.91. The van der Waals surface area contributed by atoms with E-state index in [1.54, 1.807) is 0 Å². The molecule has 0 saturated carbocycles. The molecule has 0 spiro atoms. The molecule has 1 aliphatic carbocycles. The van der Waals surface area contributed by atoms with Crippen molar-refractivity contribution < 1.29 is 0 Å². The second-order valence-corrected chi connectivity index (χ2v) is 16.4. The Kier molecular flexibility index (Phi) is 8.04. The van der Waals surface area contributed by atoms with E-state index in [4.69, 9.17) is 9.98 Å². The van der Waals surface area contributed by atoms with Gasteiger partial charge in [0.15, 0.2) is 5.84 Å². The number of aliphatic imine (C=N–C) groups is 2. The first-order valence-electron chi connectivity index (χ1n) is 19.2. The van der Waals surface area contributed by atoms with E-state index in [2.05, 4.69) is 174 Å². The maximum atomic E-state index is 5.57. The summed E-state index contributed by atoms with van der Waals surface area (Å²) in [5.74, 6) is 0.750. The summed E-state index contributed by atoms with van der Waals surface area (Å²) in [5.41, 5.74) is 12.6. The molecule has 0 unspecified atom stereocenters. The van der Waals surface area contributed by atoms with Crippen molar-refractivity contribution in [3.8, 4) is 11.1 Å². The lowest BCUT2D eigenvalue weighted by Crippen LogP contribution is -2.33. The van der Waals surface area contributed by atoms with Gasteiger partial charge < -0.3 is 0 Å². The van der Waals surface area contributed by atoms with Gasteiger partial charge in [-0.1, -0.05) is 161 Å². The minimum absolute atomic E-state index is 0.149. The second kappa shape index (κ2) is 12.8. The van der Waals surface area contributed by atoms with Crippen molar-refractivity contribution in [2.24, 2.45) is 9.98 Å². The first kappa shape index (κ1) is 33.3. The molecule has 9 rings (SSSR count). The van der Waals surface area contributed by atoms with E-state index in [0.29, 0.717) is 0 Å². The van der Waals surface area contributed by atoms with Crippen LogP contribution in [0.15, 0.2) is 155 Å². The fraction of sp³-hybridized carbons (Fsp3) is 0.216. The van der Waals surface area contributed by atoms with Gasteiger partial charge in [-0.25, -0.2) is 9.98 Å². The van der Waals surface area contributed by atoms with Crippen molar-refractivity contribution in [3.05, 3.63) is 173 Å². The topological polar surface area (TPSA) is 24.7 Å². The standard InChI is InChI=1S/C51H46N2/c1-33-19-28-47(36-14-7-6-8-15-36)52-49(38-23-22-35-21-20-34-13-9-10-16-39(34)44(35)31-38)53-48(33)43-26-25-40(41-17-11-12-18-42(41)43)37-24-27-45-46(32-37)51(4,5)30-29-50(45,2)3/h6-18,20-27,31-32H,19,28-30H2,1-5H3/b48-33-,52-47?,53-49?. The third-order valence-corrected chi connectivity index (χ3v) is 12.1. The predicted molar refractivity (Wildman–Crippen MR) is 227 cm³/mol. The molecule has 53 heavy (non-hydrogen) atoms. The predicted octanol–water partition coefficient (Wildman–Crippen LogP) is 13.6. The smallest absolute Gasteiger partial charge is 0.160 e. The number of fused-ring (bicyclic) bond motifs is 5. The zero-order valence-corrected chi connectivity index (χ0v) is 31.5. The van der Waals surface area contributed by atoms with Crippen molar-refractivity contribution in [1.29, 1.82) is 0 Å². The van der Waals surface area contributed by atoms with Crippen molar-refractivity contribution in [2.45, 2.75) is 71.1 Å². The Morgan fingerprint density at radius 2 is 1.06 bits per heavy atom. The molecule has 0 bridgehead atoms. The molecule has 0 radical (unpaired) electrons. The van der Waals surface area contributed by atoms with Gasteiger partial charge in [-0.05, 0) is 115 Å². The van der Waals surface area contributed by atoms with E-state index in [9.17, 15) is 0 Å². The highest BCUT2D eigenvalue weighted by atomic mass is 14.9. The number of amidine groups is 1. The summed E-state index contributed by atoms with van der Waals surface area (Å²) >= 11 is 0. The van der Waals surface area contributed by atoms with Gasteiger partial charge in [-0.3, -0.25) is 0 Å². The van der Waals surface area contributed by atoms with E-state index in [1.165, 1.54) is 73.0 Å². The van der Waals surface area contributed by atoms with E-state index >= 15 is 0 Å². The molecule has 2 aliphatic rings. The van der Waals surface area contributed by atoms with Crippen LogP contribution in [0.1, 0.15) is 88.1 Å². The van der Waals surface area contributed by atoms with E-state index in [-0.39, 0.29) is 10.8 Å². The minimum Gasteiger partial charge on any atom is -0.232 e. The summed E-state index contributed by atoms with van der Waals surface area (Å²) < 4.78 is 0. The van der Waals surface area contributed by atoms with Gasteiger partial charge in [-0.2, -0.15) is 0 Å². The molecule has 7 aromatic rings. The second-order valence-electron chi connectivity index (χ2n) is 16.4. The molecular formula is C51H46N2. The van der Waals surface area contributed by atoms with E-state index in [0.717, 1.165) is 46.8 Å². The Labute approximate surface area is 313 Å².